The predicted octanol–water partition coefficient (Wildman–Crippen LogP) is 5.23. The van der Waals surface area contributed by atoms with Crippen molar-refractivity contribution in [3.8, 4) is 11.1 Å². The van der Waals surface area contributed by atoms with Crippen LogP contribution in [0.25, 0.3) is 11.1 Å². The van der Waals surface area contributed by atoms with Gasteiger partial charge in [0.1, 0.15) is 29.9 Å². The Kier molecular flexibility index (Phi) is 7.71. The molecular weight excluding hydrogens is 566 g/mol. The molecule has 1 amide bonds. The lowest BCUT2D eigenvalue weighted by atomic mass is 9.83. The van der Waals surface area contributed by atoms with Crippen LogP contribution in [0.15, 0.2) is 84.0 Å². The second-order valence-corrected chi connectivity index (χ2v) is 11.2. The van der Waals surface area contributed by atoms with Crippen molar-refractivity contribution >= 4 is 17.7 Å². The highest BCUT2D eigenvalue weighted by atomic mass is 19.1. The van der Waals surface area contributed by atoms with Crippen molar-refractivity contribution in [2.24, 2.45) is 22.5 Å². The van der Waals surface area contributed by atoms with E-state index in [1.807, 2.05) is 30.3 Å². The molecule has 0 saturated heterocycles. The van der Waals surface area contributed by atoms with Crippen LogP contribution < -0.4 is 16.8 Å². The molecule has 0 unspecified atom stereocenters. The van der Waals surface area contributed by atoms with Crippen LogP contribution in [0.5, 0.6) is 0 Å². The predicted molar refractivity (Wildman–Crippen MR) is 160 cm³/mol. The maximum atomic E-state index is 14.5. The molecule has 2 bridgehead atoms. The zero-order chi connectivity index (χ0) is 31.1. The number of amidine groups is 1. The summed E-state index contributed by atoms with van der Waals surface area (Å²) in [5.41, 5.74) is 18.3. The van der Waals surface area contributed by atoms with Crippen molar-refractivity contribution in [1.82, 2.24) is 5.32 Å². The molecule has 5 N–H and O–H groups in total. The van der Waals surface area contributed by atoms with Crippen LogP contribution in [0.1, 0.15) is 69.8 Å². The largest absolute Gasteiger partial charge is 0.380 e. The maximum Gasteiger partial charge on any atom is 0.351 e. The van der Waals surface area contributed by atoms with E-state index in [9.17, 15) is 18.4 Å². The van der Waals surface area contributed by atoms with Crippen molar-refractivity contribution in [2.45, 2.75) is 38.6 Å². The number of carbonyl (C=O) groups is 2. The highest BCUT2D eigenvalue weighted by Gasteiger charge is 2.43. The first-order chi connectivity index (χ1) is 21.1. The van der Waals surface area contributed by atoms with E-state index in [4.69, 9.17) is 21.0 Å². The summed E-state index contributed by atoms with van der Waals surface area (Å²) in [6, 6.07) is 20.8. The number of halogens is 2. The van der Waals surface area contributed by atoms with Gasteiger partial charge in [-0.05, 0) is 69.6 Å². The topological polar surface area (TPSA) is 129 Å². The molecule has 224 valence electrons. The SMILES string of the molecule is CC(C)[C@H](N)C(=O)ON=C(N)c1ccc(CNC(=O)c2ccc3c(c2)[C@@H]2O[C@H]3c3ccc(-c4ccc(F)cc4F)cc32)cc1. The summed E-state index contributed by atoms with van der Waals surface area (Å²) in [5.74, 6) is -2.25. The van der Waals surface area contributed by atoms with Gasteiger partial charge in [0, 0.05) is 29.3 Å². The first kappa shape index (κ1) is 29.2. The monoisotopic (exact) mass is 596 g/mol. The summed E-state index contributed by atoms with van der Waals surface area (Å²) >= 11 is 0. The van der Waals surface area contributed by atoms with Crippen LogP contribution in [0.3, 0.4) is 0 Å². The number of fused-ring (bicyclic) bond motifs is 8. The van der Waals surface area contributed by atoms with Gasteiger partial charge in [0.05, 0.1) is 0 Å². The average Bonchev–Trinajstić information content (AvgIpc) is 3.59. The quantitative estimate of drug-likeness (QED) is 0.111. The third kappa shape index (κ3) is 5.45. The van der Waals surface area contributed by atoms with Gasteiger partial charge in [0.15, 0.2) is 5.84 Å². The van der Waals surface area contributed by atoms with Crippen molar-refractivity contribution in [1.29, 1.82) is 0 Å². The standard InChI is InChI=1S/C34H30F2N4O4/c1-17(2)29(37)34(42)44-40-32(38)19-5-3-18(4-6-19)16-39-33(41)21-8-11-25-27(14-21)31-26-13-20(7-10-24(26)30(25)43-31)23-12-9-22(35)15-28(23)36/h3-15,17,29-31H,16,37H2,1-2H3,(H2,38,40)(H,39,41)/t29-,30-,31+/m0/s1. The lowest BCUT2D eigenvalue weighted by Gasteiger charge is -2.18. The first-order valence-electron chi connectivity index (χ1n) is 14.2. The van der Waals surface area contributed by atoms with E-state index in [-0.39, 0.29) is 36.4 Å². The number of nitrogens with zero attached hydrogens (tertiary/aromatic N) is 1. The number of ether oxygens (including phenoxy) is 1. The molecule has 0 spiro atoms. The fourth-order valence-electron chi connectivity index (χ4n) is 5.44. The van der Waals surface area contributed by atoms with Gasteiger partial charge in [0.2, 0.25) is 0 Å². The van der Waals surface area contributed by atoms with Gasteiger partial charge in [-0.25, -0.2) is 13.6 Å². The number of benzene rings is 4. The highest BCUT2D eigenvalue weighted by molar-refractivity contribution is 5.97. The molecule has 44 heavy (non-hydrogen) atoms. The van der Waals surface area contributed by atoms with Gasteiger partial charge in [-0.3, -0.25) is 4.79 Å². The number of hydrogen-bond donors (Lipinski definition) is 3. The van der Waals surface area contributed by atoms with E-state index >= 15 is 0 Å². The van der Waals surface area contributed by atoms with E-state index in [1.165, 1.54) is 12.1 Å². The Morgan fingerprint density at radius 3 is 2.25 bits per heavy atom. The number of rotatable bonds is 8. The lowest BCUT2D eigenvalue weighted by molar-refractivity contribution is -0.146. The van der Waals surface area contributed by atoms with E-state index in [0.29, 0.717) is 22.3 Å². The van der Waals surface area contributed by atoms with Gasteiger partial charge in [-0.15, -0.1) is 0 Å². The minimum absolute atomic E-state index is 0.0241. The fourth-order valence-corrected chi connectivity index (χ4v) is 5.44. The Morgan fingerprint density at radius 2 is 1.55 bits per heavy atom. The molecule has 8 nitrogen and oxygen atoms in total. The van der Waals surface area contributed by atoms with E-state index in [0.717, 1.165) is 33.9 Å². The van der Waals surface area contributed by atoms with Crippen LogP contribution in [-0.4, -0.2) is 23.8 Å². The van der Waals surface area contributed by atoms with Crippen LogP contribution in [0, 0.1) is 17.6 Å². The molecule has 0 fully saturated rings. The van der Waals surface area contributed by atoms with Crippen molar-refractivity contribution in [3.63, 3.8) is 0 Å². The number of carbonyl (C=O) groups excluding carboxylic acids is 2. The smallest absolute Gasteiger partial charge is 0.351 e. The maximum absolute atomic E-state index is 14.5. The van der Waals surface area contributed by atoms with Crippen LogP contribution >= 0.6 is 0 Å². The van der Waals surface area contributed by atoms with E-state index in [2.05, 4.69) is 10.5 Å². The zero-order valence-electron chi connectivity index (χ0n) is 24.0. The number of nitrogens with one attached hydrogen (secondary N) is 1. The molecule has 4 aromatic rings. The average molecular weight is 597 g/mol. The summed E-state index contributed by atoms with van der Waals surface area (Å²) < 4.78 is 34.2. The minimum atomic E-state index is -0.798. The van der Waals surface area contributed by atoms with Gasteiger partial charge in [-0.2, -0.15) is 0 Å². The molecule has 2 aliphatic rings. The lowest BCUT2D eigenvalue weighted by Crippen LogP contribution is -2.36. The van der Waals surface area contributed by atoms with Gasteiger partial charge in [0.25, 0.3) is 5.91 Å². The molecule has 0 aromatic heterocycles. The molecule has 2 heterocycles. The summed E-state index contributed by atoms with van der Waals surface area (Å²) in [6.45, 7) is 3.87. The minimum Gasteiger partial charge on any atom is -0.380 e. The summed E-state index contributed by atoms with van der Waals surface area (Å²) in [5, 5.41) is 6.61. The number of amides is 1. The summed E-state index contributed by atoms with van der Waals surface area (Å²) in [7, 11) is 0. The first-order valence-corrected chi connectivity index (χ1v) is 14.2. The second kappa shape index (κ2) is 11.6. The van der Waals surface area contributed by atoms with E-state index < -0.39 is 23.6 Å². The van der Waals surface area contributed by atoms with Gasteiger partial charge in [-0.1, -0.05) is 61.5 Å². The molecule has 10 heteroatoms. The second-order valence-electron chi connectivity index (χ2n) is 11.2. The van der Waals surface area contributed by atoms with Crippen LogP contribution in [-0.2, 0) is 20.9 Å². The molecule has 4 aromatic carbocycles. The number of oxime groups is 1. The Labute approximate surface area is 252 Å². The third-order valence-electron chi connectivity index (χ3n) is 8.01. The van der Waals surface area contributed by atoms with Crippen LogP contribution in [0.2, 0.25) is 0 Å². The molecular formula is C34H30F2N4O4. The van der Waals surface area contributed by atoms with Crippen molar-refractivity contribution in [2.75, 3.05) is 0 Å². The normalized spacial score (nSPS) is 17.3. The Hall–Kier alpha value is -4.93. The zero-order valence-corrected chi connectivity index (χ0v) is 24.0. The van der Waals surface area contributed by atoms with Gasteiger partial charge < -0.3 is 26.4 Å². The summed E-state index contributed by atoms with van der Waals surface area (Å²) in [4.78, 5) is 29.8. The molecule has 0 saturated carbocycles. The molecule has 0 radical (unpaired) electrons. The number of hydrogen-bond acceptors (Lipinski definition) is 6. The Morgan fingerprint density at radius 1 is 0.886 bits per heavy atom. The summed E-state index contributed by atoms with van der Waals surface area (Å²) in [6.07, 6.45) is -0.652. The molecule has 2 aliphatic heterocycles. The molecule has 6 rings (SSSR count). The Bertz CT molecular complexity index is 1810. The Balaban J connectivity index is 1.11. The fraction of sp³-hybridized carbons (Fsp3) is 0.206. The van der Waals surface area contributed by atoms with Crippen molar-refractivity contribution in [3.05, 3.63) is 129 Å². The van der Waals surface area contributed by atoms with E-state index in [1.54, 1.807) is 44.2 Å². The third-order valence-corrected chi connectivity index (χ3v) is 8.01. The van der Waals surface area contributed by atoms with Crippen molar-refractivity contribution < 1.29 is 27.9 Å². The van der Waals surface area contributed by atoms with Gasteiger partial charge >= 0.3 is 5.97 Å². The number of nitrogens with two attached hydrogens (primary N) is 2. The molecule has 0 aliphatic carbocycles. The molecule has 3 atom stereocenters. The van der Waals surface area contributed by atoms with Crippen LogP contribution in [0.4, 0.5) is 8.78 Å². The highest BCUT2D eigenvalue weighted by Crippen LogP contribution is 2.54.